The van der Waals surface area contributed by atoms with Crippen molar-refractivity contribution in [1.82, 2.24) is 14.9 Å². The molecule has 0 spiro atoms. The van der Waals surface area contributed by atoms with Gasteiger partial charge in [-0.15, -0.1) is 11.3 Å². The van der Waals surface area contributed by atoms with E-state index in [1.165, 1.54) is 4.88 Å². The van der Waals surface area contributed by atoms with Gasteiger partial charge in [-0.3, -0.25) is 4.79 Å². The van der Waals surface area contributed by atoms with Crippen LogP contribution in [0.1, 0.15) is 18.7 Å². The smallest absolute Gasteiger partial charge is 0.241 e. The van der Waals surface area contributed by atoms with Crippen LogP contribution in [0.3, 0.4) is 0 Å². The maximum Gasteiger partial charge on any atom is 0.241 e. The molecule has 0 atom stereocenters. The van der Waals surface area contributed by atoms with Crippen molar-refractivity contribution < 1.29 is 4.79 Å². The van der Waals surface area contributed by atoms with Crippen molar-refractivity contribution in [3.63, 3.8) is 0 Å². The second-order valence-electron chi connectivity index (χ2n) is 4.85. The number of anilines is 2. The summed E-state index contributed by atoms with van der Waals surface area (Å²) in [5.74, 6) is 1.31. The number of carbonyl (C=O) groups is 1. The lowest BCUT2D eigenvalue weighted by Gasteiger charge is -2.12. The summed E-state index contributed by atoms with van der Waals surface area (Å²) in [7, 11) is 3.48. The van der Waals surface area contributed by atoms with Gasteiger partial charge in [0.1, 0.15) is 10.6 Å². The van der Waals surface area contributed by atoms with Crippen LogP contribution in [0, 0.1) is 0 Å². The van der Waals surface area contributed by atoms with Crippen LogP contribution >= 0.6 is 11.3 Å². The second-order valence-corrected chi connectivity index (χ2v) is 5.97. The van der Waals surface area contributed by atoms with Crippen molar-refractivity contribution in [2.45, 2.75) is 20.3 Å². The van der Waals surface area contributed by atoms with E-state index in [1.807, 2.05) is 6.92 Å². The number of fused-ring (bicyclic) bond motifs is 1. The van der Waals surface area contributed by atoms with E-state index in [1.54, 1.807) is 30.3 Å². The minimum Gasteiger partial charge on any atom is -0.360 e. The molecule has 0 aliphatic carbocycles. The standard InChI is InChI=1S/C14H21N5OS/c1-5-9-7-10-12(16-8-11(20)19(3)4)17-14(15-6-2)18-13(10)21-9/h7H,5-6,8H2,1-4H3,(H2,15,16,17,18). The van der Waals surface area contributed by atoms with Crippen molar-refractivity contribution in [3.05, 3.63) is 10.9 Å². The van der Waals surface area contributed by atoms with Crippen LogP contribution in [0.25, 0.3) is 10.2 Å². The Morgan fingerprint density at radius 2 is 2.05 bits per heavy atom. The first-order chi connectivity index (χ1) is 10.0. The molecule has 2 rings (SSSR count). The molecule has 0 aromatic carbocycles. The zero-order valence-electron chi connectivity index (χ0n) is 12.9. The van der Waals surface area contributed by atoms with E-state index < -0.39 is 0 Å². The molecule has 7 heteroatoms. The van der Waals surface area contributed by atoms with E-state index in [-0.39, 0.29) is 12.5 Å². The van der Waals surface area contributed by atoms with Gasteiger partial charge < -0.3 is 15.5 Å². The highest BCUT2D eigenvalue weighted by molar-refractivity contribution is 7.18. The average Bonchev–Trinajstić information content (AvgIpc) is 2.87. The van der Waals surface area contributed by atoms with Gasteiger partial charge in [-0.05, 0) is 19.4 Å². The van der Waals surface area contributed by atoms with E-state index in [0.717, 1.165) is 23.2 Å². The van der Waals surface area contributed by atoms with Crippen LogP contribution in [0.4, 0.5) is 11.8 Å². The van der Waals surface area contributed by atoms with Crippen LogP contribution in [0.2, 0.25) is 0 Å². The Hall–Kier alpha value is -1.89. The summed E-state index contributed by atoms with van der Waals surface area (Å²) in [5.41, 5.74) is 0. The first-order valence-corrected chi connectivity index (χ1v) is 7.85. The maximum atomic E-state index is 11.7. The fraction of sp³-hybridized carbons (Fsp3) is 0.500. The summed E-state index contributed by atoms with van der Waals surface area (Å²) in [5, 5.41) is 7.23. The summed E-state index contributed by atoms with van der Waals surface area (Å²) in [6, 6.07) is 2.10. The monoisotopic (exact) mass is 307 g/mol. The van der Waals surface area contributed by atoms with Gasteiger partial charge in [-0.1, -0.05) is 6.92 Å². The van der Waals surface area contributed by atoms with Gasteiger partial charge in [0.25, 0.3) is 0 Å². The number of likely N-dealkylation sites (N-methyl/N-ethyl adjacent to an activating group) is 1. The number of nitrogens with one attached hydrogen (secondary N) is 2. The molecule has 0 saturated heterocycles. The van der Waals surface area contributed by atoms with Crippen molar-refractivity contribution >= 4 is 39.2 Å². The number of aryl methyl sites for hydroxylation is 1. The number of rotatable bonds is 6. The Morgan fingerprint density at radius 3 is 2.67 bits per heavy atom. The number of hydrogen-bond donors (Lipinski definition) is 2. The minimum absolute atomic E-state index is 0.0118. The third kappa shape index (κ3) is 3.60. The highest BCUT2D eigenvalue weighted by Crippen LogP contribution is 2.30. The summed E-state index contributed by atoms with van der Waals surface area (Å²) in [6.07, 6.45) is 0.966. The van der Waals surface area contributed by atoms with Crippen LogP contribution in [0.5, 0.6) is 0 Å². The fourth-order valence-corrected chi connectivity index (χ4v) is 2.80. The van der Waals surface area contributed by atoms with Gasteiger partial charge in [-0.2, -0.15) is 4.98 Å². The number of hydrogen-bond acceptors (Lipinski definition) is 6. The molecule has 1 amide bonds. The molecular weight excluding hydrogens is 286 g/mol. The second kappa shape index (κ2) is 6.71. The predicted molar refractivity (Wildman–Crippen MR) is 88.1 cm³/mol. The van der Waals surface area contributed by atoms with Gasteiger partial charge in [0, 0.05) is 25.5 Å². The summed E-state index contributed by atoms with van der Waals surface area (Å²) in [6.45, 7) is 5.10. The van der Waals surface area contributed by atoms with Crippen LogP contribution in [-0.2, 0) is 11.2 Å². The number of thiophene rings is 1. The van der Waals surface area contributed by atoms with Crippen molar-refractivity contribution in [1.29, 1.82) is 0 Å². The predicted octanol–water partition coefficient (Wildman–Crippen LogP) is 2.19. The average molecular weight is 307 g/mol. The summed E-state index contributed by atoms with van der Waals surface area (Å²) < 4.78 is 0. The molecule has 0 aliphatic rings. The fourth-order valence-electron chi connectivity index (χ4n) is 1.83. The van der Waals surface area contributed by atoms with Crippen molar-refractivity contribution in [2.24, 2.45) is 0 Å². The molecule has 2 aromatic heterocycles. The minimum atomic E-state index is 0.0118. The molecule has 0 aliphatic heterocycles. The molecule has 0 saturated carbocycles. The molecule has 0 bridgehead atoms. The number of aromatic nitrogens is 2. The number of carbonyl (C=O) groups excluding carboxylic acids is 1. The lowest BCUT2D eigenvalue weighted by atomic mass is 10.3. The quantitative estimate of drug-likeness (QED) is 0.856. The lowest BCUT2D eigenvalue weighted by molar-refractivity contribution is -0.126. The first kappa shape index (κ1) is 15.5. The molecule has 6 nitrogen and oxygen atoms in total. The van der Waals surface area contributed by atoms with Crippen LogP contribution in [0.15, 0.2) is 6.07 Å². The summed E-state index contributed by atoms with van der Waals surface area (Å²) in [4.78, 5) is 24.5. The van der Waals surface area contributed by atoms with E-state index in [4.69, 9.17) is 0 Å². The topological polar surface area (TPSA) is 70.2 Å². The van der Waals surface area contributed by atoms with E-state index >= 15 is 0 Å². The molecule has 2 heterocycles. The molecule has 2 aromatic rings. The van der Waals surface area contributed by atoms with Gasteiger partial charge in [0.05, 0.1) is 11.9 Å². The zero-order valence-corrected chi connectivity index (χ0v) is 13.7. The highest BCUT2D eigenvalue weighted by Gasteiger charge is 2.12. The molecule has 0 unspecified atom stereocenters. The molecule has 0 radical (unpaired) electrons. The Morgan fingerprint density at radius 1 is 1.29 bits per heavy atom. The van der Waals surface area contributed by atoms with E-state index in [9.17, 15) is 4.79 Å². The largest absolute Gasteiger partial charge is 0.360 e. The van der Waals surface area contributed by atoms with Gasteiger partial charge in [0.2, 0.25) is 11.9 Å². The molecule has 21 heavy (non-hydrogen) atoms. The highest BCUT2D eigenvalue weighted by atomic mass is 32.1. The van der Waals surface area contributed by atoms with Crippen LogP contribution in [-0.4, -0.2) is 48.0 Å². The summed E-state index contributed by atoms with van der Waals surface area (Å²) >= 11 is 1.67. The van der Waals surface area contributed by atoms with Gasteiger partial charge >= 0.3 is 0 Å². The Bertz CT molecular complexity index is 638. The molecular formula is C14H21N5OS. The maximum absolute atomic E-state index is 11.7. The van der Waals surface area contributed by atoms with Crippen LogP contribution < -0.4 is 10.6 Å². The third-order valence-electron chi connectivity index (χ3n) is 3.03. The lowest BCUT2D eigenvalue weighted by Crippen LogP contribution is -2.28. The normalized spacial score (nSPS) is 10.7. The Balaban J connectivity index is 2.34. The Kier molecular flexibility index (Phi) is 4.95. The molecule has 0 fully saturated rings. The third-order valence-corrected chi connectivity index (χ3v) is 4.21. The van der Waals surface area contributed by atoms with Gasteiger partial charge in [-0.25, -0.2) is 4.98 Å². The number of nitrogens with zero attached hydrogens (tertiary/aromatic N) is 3. The SMILES string of the molecule is CCNc1nc(NCC(=O)N(C)C)c2cc(CC)sc2n1. The van der Waals surface area contributed by atoms with Crippen molar-refractivity contribution in [2.75, 3.05) is 37.8 Å². The first-order valence-electron chi connectivity index (χ1n) is 7.03. The number of amides is 1. The molecule has 114 valence electrons. The van der Waals surface area contributed by atoms with E-state index in [0.29, 0.717) is 11.8 Å². The van der Waals surface area contributed by atoms with E-state index in [2.05, 4.69) is 33.6 Å². The van der Waals surface area contributed by atoms with Gasteiger partial charge in [0.15, 0.2) is 0 Å². The zero-order chi connectivity index (χ0) is 15.4. The molecule has 2 N–H and O–H groups in total. The van der Waals surface area contributed by atoms with Crippen molar-refractivity contribution in [3.8, 4) is 0 Å². The Labute approximate surface area is 128 Å².